The van der Waals surface area contributed by atoms with Crippen molar-refractivity contribution in [1.29, 1.82) is 0 Å². The summed E-state index contributed by atoms with van der Waals surface area (Å²) in [6.07, 6.45) is 0.776. The molecule has 0 bridgehead atoms. The highest BCUT2D eigenvalue weighted by atomic mass is 19.4. The Labute approximate surface area is 463 Å². The molecule has 2 aliphatic carbocycles. The summed E-state index contributed by atoms with van der Waals surface area (Å²) in [6.45, 7) is 1.22. The van der Waals surface area contributed by atoms with Crippen LogP contribution in [0.3, 0.4) is 0 Å². The van der Waals surface area contributed by atoms with Gasteiger partial charge in [-0.1, -0.05) is 24.3 Å². The molecule has 3 fully saturated rings. The third-order valence-corrected chi connectivity index (χ3v) is 15.5. The Kier molecular flexibility index (Phi) is 14.5. The molecule has 0 radical (unpaired) electrons. The van der Waals surface area contributed by atoms with Crippen LogP contribution in [0.4, 0.5) is 56.7 Å². The molecule has 7 heterocycles. The number of amidine groups is 2. The van der Waals surface area contributed by atoms with Crippen molar-refractivity contribution < 1.29 is 58.8 Å². The van der Waals surface area contributed by atoms with Crippen molar-refractivity contribution in [1.82, 2.24) is 35.2 Å². The van der Waals surface area contributed by atoms with Crippen molar-refractivity contribution in [3.63, 3.8) is 0 Å². The third-order valence-electron chi connectivity index (χ3n) is 15.5. The number of alkyl halides is 9. The fourth-order valence-corrected chi connectivity index (χ4v) is 11.3. The Hall–Kier alpha value is -7.97. The molecule has 0 atom stereocenters. The minimum Gasteiger partial charge on any atom is -0.403 e. The van der Waals surface area contributed by atoms with Crippen molar-refractivity contribution in [2.24, 2.45) is 15.7 Å². The van der Waals surface area contributed by atoms with Gasteiger partial charge < -0.3 is 41.0 Å². The van der Waals surface area contributed by atoms with Crippen LogP contribution < -0.4 is 41.2 Å². The van der Waals surface area contributed by atoms with Crippen molar-refractivity contribution >= 4 is 45.7 Å². The number of hydrogen-bond acceptors (Lipinski definition) is 16. The maximum atomic E-state index is 14.8. The van der Waals surface area contributed by atoms with Crippen LogP contribution in [0.2, 0.25) is 0 Å². The van der Waals surface area contributed by atoms with E-state index in [1.165, 1.54) is 74.5 Å². The fourth-order valence-electron chi connectivity index (χ4n) is 11.3. The maximum absolute atomic E-state index is 14.8. The van der Waals surface area contributed by atoms with Gasteiger partial charge in [0.15, 0.2) is 28.8 Å². The SMILES string of the molecule is NC1CCC(NC2=CCN3C(=N2)C(c2ccc(N4C=C(c5cccc(C(F)(F)F)c5)C5=NC(NC6CCC(O)CC6)=CCN54)c(OC(F)(F)F)c2)=CN3c2ccc(-c3cnn4ccc(NC5CCOCC5)nc34)cc2OC(F)(F)F)CC1. The van der Waals surface area contributed by atoms with Gasteiger partial charge in [0.2, 0.25) is 0 Å². The number of halogens is 9. The molecule has 82 heavy (non-hydrogen) atoms. The second-order valence-electron chi connectivity index (χ2n) is 21.1. The second-order valence-corrected chi connectivity index (χ2v) is 21.1. The van der Waals surface area contributed by atoms with E-state index in [0.717, 1.165) is 56.7 Å². The summed E-state index contributed by atoms with van der Waals surface area (Å²) in [7, 11) is 0. The fraction of sp³-hybridized carbons (Fsp3) is 0.393. The highest BCUT2D eigenvalue weighted by molar-refractivity contribution is 6.27. The van der Waals surface area contributed by atoms with Gasteiger partial charge in [0.05, 0.1) is 31.0 Å². The standard InChI is InChI=1S/C56H56F9N13O4/c57-54(58,59)35-3-1-2-32(26-35)42-30-77(75-22-18-50(72-52(42)75)69-38-10-12-40(79)13-11-38)45-15-5-34(28-47(45)82-56(63,64)65)43-31-78(76-23-17-49(73-53(43)76)68-37-8-6-36(66)7-9-37)44-14-4-33(27-46(44)81-55(60,61)62)41-29-67-74-21-16-48(71-51(41)74)70-39-19-24-80-25-20-39/h1-5,14-18,21,26-31,36-40,68-69,79H,6-13,19-20,22-25,66H2,(H,70,71). The first-order valence-electron chi connectivity index (χ1n) is 27.0. The zero-order valence-corrected chi connectivity index (χ0v) is 43.8. The number of hydrogen-bond donors (Lipinski definition) is 5. The van der Waals surface area contributed by atoms with E-state index in [0.29, 0.717) is 67.6 Å². The number of aliphatic hydroxyl groups excluding tert-OH is 1. The number of aliphatic imine (C=N–C) groups is 2. The number of aromatic nitrogens is 3. The van der Waals surface area contributed by atoms with E-state index in [1.54, 1.807) is 35.5 Å². The summed E-state index contributed by atoms with van der Waals surface area (Å²) in [5, 5.41) is 30.5. The van der Waals surface area contributed by atoms with E-state index in [4.69, 9.17) is 34.9 Å². The first-order valence-corrected chi connectivity index (χ1v) is 27.0. The molecule has 5 aliphatic heterocycles. The summed E-state index contributed by atoms with van der Waals surface area (Å²) in [5.74, 6) is 0.329. The monoisotopic (exact) mass is 1150 g/mol. The van der Waals surface area contributed by atoms with E-state index >= 15 is 0 Å². The molecular weight excluding hydrogens is 1090 g/mol. The molecule has 432 valence electrons. The largest absolute Gasteiger partial charge is 0.573 e. The highest BCUT2D eigenvalue weighted by Crippen LogP contribution is 2.46. The zero-order valence-electron chi connectivity index (χ0n) is 43.8. The van der Waals surface area contributed by atoms with Gasteiger partial charge in [-0.15, -0.1) is 26.3 Å². The molecule has 2 saturated carbocycles. The molecular formula is C56H56F9N13O4. The molecule has 0 spiro atoms. The number of aliphatic hydroxyl groups is 1. The van der Waals surface area contributed by atoms with Crippen LogP contribution in [0.25, 0.3) is 27.9 Å². The number of nitrogens with zero attached hydrogens (tertiary/aromatic N) is 9. The van der Waals surface area contributed by atoms with Gasteiger partial charge in [-0.3, -0.25) is 20.0 Å². The van der Waals surface area contributed by atoms with Crippen LogP contribution in [0.15, 0.2) is 125 Å². The summed E-state index contributed by atoms with van der Waals surface area (Å²) in [6, 6.07) is 14.6. The molecule has 2 aromatic heterocycles. The summed E-state index contributed by atoms with van der Waals surface area (Å²) in [5.41, 5.74) is 6.56. The molecule has 26 heteroatoms. The lowest BCUT2D eigenvalue weighted by atomic mass is 9.92. The van der Waals surface area contributed by atoms with E-state index in [9.17, 15) is 44.6 Å². The first-order chi connectivity index (χ1) is 39.2. The van der Waals surface area contributed by atoms with Crippen LogP contribution >= 0.6 is 0 Å². The Bertz CT molecular complexity index is 3420. The van der Waals surface area contributed by atoms with E-state index in [-0.39, 0.29) is 88.1 Å². The number of fused-ring (bicyclic) bond motifs is 3. The predicted octanol–water partition coefficient (Wildman–Crippen LogP) is 10.2. The topological polar surface area (TPSA) is 178 Å². The Balaban J connectivity index is 0.935. The minimum atomic E-state index is -5.28. The van der Waals surface area contributed by atoms with Gasteiger partial charge >= 0.3 is 18.9 Å². The molecule has 3 aromatic carbocycles. The molecule has 0 unspecified atom stereocenters. The summed E-state index contributed by atoms with van der Waals surface area (Å²) >= 11 is 0. The van der Waals surface area contributed by atoms with Crippen molar-refractivity contribution in [2.75, 3.05) is 41.6 Å². The summed E-state index contributed by atoms with van der Waals surface area (Å²) in [4.78, 5) is 14.5. The van der Waals surface area contributed by atoms with E-state index in [1.807, 2.05) is 0 Å². The van der Waals surface area contributed by atoms with Crippen LogP contribution in [0.1, 0.15) is 80.9 Å². The molecule has 6 N–H and O–H groups in total. The van der Waals surface area contributed by atoms with Crippen LogP contribution in [-0.2, 0) is 10.9 Å². The number of ether oxygens (including phenoxy) is 3. The lowest BCUT2D eigenvalue weighted by molar-refractivity contribution is -0.275. The zero-order chi connectivity index (χ0) is 57.1. The van der Waals surface area contributed by atoms with E-state index in [2.05, 4.69) is 21.0 Å². The molecule has 12 rings (SSSR count). The van der Waals surface area contributed by atoms with Crippen LogP contribution in [0.5, 0.6) is 11.5 Å². The average molecular weight is 1150 g/mol. The maximum Gasteiger partial charge on any atom is 0.573 e. The lowest BCUT2D eigenvalue weighted by Gasteiger charge is -2.35. The normalized spacial score (nSPS) is 22.6. The number of rotatable bonds is 13. The number of hydrazine groups is 2. The van der Waals surface area contributed by atoms with Crippen LogP contribution in [0, 0.1) is 0 Å². The molecule has 0 amide bonds. The Morgan fingerprint density at radius 1 is 0.610 bits per heavy atom. The van der Waals surface area contributed by atoms with Gasteiger partial charge in [-0.2, -0.15) is 18.3 Å². The number of anilines is 3. The third kappa shape index (κ3) is 11.7. The Morgan fingerprint density at radius 3 is 1.72 bits per heavy atom. The number of benzene rings is 3. The molecule has 5 aromatic rings. The van der Waals surface area contributed by atoms with Crippen molar-refractivity contribution in [2.45, 2.75) is 113 Å². The molecule has 7 aliphatic rings. The second kappa shape index (κ2) is 21.7. The van der Waals surface area contributed by atoms with Gasteiger partial charge in [0.1, 0.15) is 28.8 Å². The van der Waals surface area contributed by atoms with Crippen LogP contribution in [-0.4, -0.2) is 111 Å². The molecule has 17 nitrogen and oxygen atoms in total. The van der Waals surface area contributed by atoms with Gasteiger partial charge in [0.25, 0.3) is 0 Å². The lowest BCUT2D eigenvalue weighted by Crippen LogP contribution is -2.43. The average Bonchev–Trinajstić information content (AvgIpc) is 2.53. The highest BCUT2D eigenvalue weighted by Gasteiger charge is 2.42. The smallest absolute Gasteiger partial charge is 0.403 e. The van der Waals surface area contributed by atoms with Crippen molar-refractivity contribution in [3.05, 3.63) is 132 Å². The Morgan fingerprint density at radius 2 is 1.15 bits per heavy atom. The van der Waals surface area contributed by atoms with Crippen molar-refractivity contribution in [3.8, 4) is 22.6 Å². The summed E-state index contributed by atoms with van der Waals surface area (Å²) < 4.78 is 147. The number of nitrogens with two attached hydrogens (primary N) is 1. The quantitative estimate of drug-likeness (QED) is 0.0704. The first kappa shape index (κ1) is 54.6. The van der Waals surface area contributed by atoms with Gasteiger partial charge in [-0.25, -0.2) is 19.5 Å². The number of nitrogens with one attached hydrogen (secondary N) is 3. The molecule has 1 saturated heterocycles. The van der Waals surface area contributed by atoms with Gasteiger partial charge in [-0.05, 0) is 136 Å². The van der Waals surface area contributed by atoms with Gasteiger partial charge in [0, 0.05) is 72.7 Å². The van der Waals surface area contributed by atoms with E-state index < -0.39 is 42.1 Å². The predicted molar refractivity (Wildman–Crippen MR) is 287 cm³/mol. The minimum absolute atomic E-state index is 0.00743.